The molecular weight excluding hydrogens is 310 g/mol. The summed E-state index contributed by atoms with van der Waals surface area (Å²) in [5, 5.41) is 12.3. The number of rotatable bonds is 4. The molecule has 1 aliphatic heterocycles. The molecule has 1 aromatic rings. The van der Waals surface area contributed by atoms with Crippen molar-refractivity contribution in [2.75, 3.05) is 19.6 Å². The van der Waals surface area contributed by atoms with Crippen molar-refractivity contribution in [2.24, 2.45) is 0 Å². The van der Waals surface area contributed by atoms with Crippen LogP contribution in [0.5, 0.6) is 0 Å². The molecule has 0 bridgehead atoms. The van der Waals surface area contributed by atoms with Crippen molar-refractivity contribution >= 4 is 21.6 Å². The Labute approximate surface area is 130 Å². The maximum atomic E-state index is 12.8. The van der Waals surface area contributed by atoms with Crippen LogP contribution in [-0.4, -0.2) is 38.4 Å². The van der Waals surface area contributed by atoms with Gasteiger partial charge in [0.05, 0.1) is 15.5 Å². The predicted octanol–water partition coefficient (Wildman–Crippen LogP) is 1.97. The van der Waals surface area contributed by atoms with Crippen LogP contribution in [0, 0.1) is 11.3 Å². The van der Waals surface area contributed by atoms with Gasteiger partial charge in [0.1, 0.15) is 6.07 Å². The molecule has 7 heteroatoms. The minimum atomic E-state index is -3.59. The molecule has 2 rings (SSSR count). The molecule has 0 radical (unpaired) electrons. The summed E-state index contributed by atoms with van der Waals surface area (Å²) in [7, 11) is -3.59. The molecule has 1 aromatic carbocycles. The van der Waals surface area contributed by atoms with Crippen molar-refractivity contribution in [2.45, 2.75) is 30.7 Å². The number of nitrogens with zero attached hydrogens (tertiary/aromatic N) is 2. The second-order valence-electron chi connectivity index (χ2n) is 4.94. The monoisotopic (exact) mass is 327 g/mol. The summed E-state index contributed by atoms with van der Waals surface area (Å²) >= 11 is 5.95. The van der Waals surface area contributed by atoms with Crippen LogP contribution in [0.25, 0.3) is 0 Å². The van der Waals surface area contributed by atoms with E-state index in [2.05, 4.69) is 5.32 Å². The predicted molar refractivity (Wildman–Crippen MR) is 81.6 cm³/mol. The Morgan fingerprint density at radius 1 is 1.43 bits per heavy atom. The van der Waals surface area contributed by atoms with Crippen LogP contribution in [0.4, 0.5) is 0 Å². The Morgan fingerprint density at radius 2 is 2.10 bits per heavy atom. The number of benzene rings is 1. The van der Waals surface area contributed by atoms with Crippen LogP contribution in [0.3, 0.4) is 0 Å². The minimum Gasteiger partial charge on any atom is -0.317 e. The average molecular weight is 328 g/mol. The summed E-state index contributed by atoms with van der Waals surface area (Å²) in [5.41, 5.74) is 0.278. The summed E-state index contributed by atoms with van der Waals surface area (Å²) in [6.45, 7) is 3.91. The Hall–Kier alpha value is -1.13. The SMILES string of the molecule is CCN(C1CCNCC1)S(=O)(=O)c1ccc(C#N)c(Cl)c1. The Balaban J connectivity index is 2.35. The van der Waals surface area contributed by atoms with Gasteiger partial charge in [0, 0.05) is 12.6 Å². The molecule has 5 nitrogen and oxygen atoms in total. The molecule has 1 aliphatic rings. The molecule has 0 aromatic heterocycles. The highest BCUT2D eigenvalue weighted by atomic mass is 35.5. The molecule has 0 aliphatic carbocycles. The zero-order chi connectivity index (χ0) is 15.5. The van der Waals surface area contributed by atoms with Crippen LogP contribution in [0.1, 0.15) is 25.3 Å². The molecular formula is C14H18ClN3O2S. The Morgan fingerprint density at radius 3 is 2.62 bits per heavy atom. The number of piperidine rings is 1. The fraction of sp³-hybridized carbons (Fsp3) is 0.500. The van der Waals surface area contributed by atoms with Gasteiger partial charge in [0.15, 0.2) is 0 Å². The number of halogens is 1. The van der Waals surface area contributed by atoms with Crippen LogP contribution in [0.2, 0.25) is 5.02 Å². The summed E-state index contributed by atoms with van der Waals surface area (Å²) in [5.74, 6) is 0. The van der Waals surface area contributed by atoms with E-state index in [1.54, 1.807) is 0 Å². The number of nitrogens with one attached hydrogen (secondary N) is 1. The van der Waals surface area contributed by atoms with Crippen molar-refractivity contribution < 1.29 is 8.42 Å². The van der Waals surface area contributed by atoms with Gasteiger partial charge in [-0.3, -0.25) is 0 Å². The van der Waals surface area contributed by atoms with E-state index in [1.807, 2.05) is 13.0 Å². The van der Waals surface area contributed by atoms with Gasteiger partial charge in [-0.25, -0.2) is 8.42 Å². The maximum absolute atomic E-state index is 12.8. The van der Waals surface area contributed by atoms with Crippen LogP contribution in [0.15, 0.2) is 23.1 Å². The first-order chi connectivity index (χ1) is 10.0. The van der Waals surface area contributed by atoms with E-state index in [4.69, 9.17) is 16.9 Å². The van der Waals surface area contributed by atoms with Crippen LogP contribution in [-0.2, 0) is 10.0 Å². The van der Waals surface area contributed by atoms with E-state index < -0.39 is 10.0 Å². The van der Waals surface area contributed by atoms with Crippen molar-refractivity contribution in [3.8, 4) is 6.07 Å². The number of sulfonamides is 1. The van der Waals surface area contributed by atoms with Crippen molar-refractivity contribution in [3.05, 3.63) is 28.8 Å². The number of hydrogen-bond donors (Lipinski definition) is 1. The third-order valence-corrected chi connectivity index (χ3v) is 6.03. The second kappa shape index (κ2) is 6.75. The zero-order valence-electron chi connectivity index (χ0n) is 11.8. The van der Waals surface area contributed by atoms with Crippen molar-refractivity contribution in [1.82, 2.24) is 9.62 Å². The Kier molecular flexibility index (Phi) is 5.22. The number of hydrogen-bond acceptors (Lipinski definition) is 4. The first-order valence-corrected chi connectivity index (χ1v) is 8.74. The van der Waals surface area contributed by atoms with E-state index in [9.17, 15) is 8.42 Å². The zero-order valence-corrected chi connectivity index (χ0v) is 13.4. The second-order valence-corrected chi connectivity index (χ2v) is 7.24. The summed E-state index contributed by atoms with van der Waals surface area (Å²) in [6, 6.07) is 6.20. The lowest BCUT2D eigenvalue weighted by molar-refractivity contribution is 0.271. The van der Waals surface area contributed by atoms with E-state index in [1.165, 1.54) is 22.5 Å². The Bertz CT molecular complexity index is 649. The molecule has 0 unspecified atom stereocenters. The highest BCUT2D eigenvalue weighted by Gasteiger charge is 2.31. The van der Waals surface area contributed by atoms with E-state index in [0.29, 0.717) is 6.54 Å². The molecule has 1 fully saturated rings. The van der Waals surface area contributed by atoms with Gasteiger partial charge in [-0.05, 0) is 44.1 Å². The molecule has 0 atom stereocenters. The molecule has 114 valence electrons. The maximum Gasteiger partial charge on any atom is 0.243 e. The normalized spacial score (nSPS) is 16.9. The summed E-state index contributed by atoms with van der Waals surface area (Å²) in [4.78, 5) is 0.145. The molecule has 0 spiro atoms. The third-order valence-electron chi connectivity index (χ3n) is 3.70. The van der Waals surface area contributed by atoms with Gasteiger partial charge < -0.3 is 5.32 Å². The van der Waals surface area contributed by atoms with Crippen molar-refractivity contribution in [3.63, 3.8) is 0 Å². The van der Waals surface area contributed by atoms with Gasteiger partial charge in [-0.15, -0.1) is 0 Å². The average Bonchev–Trinajstić information content (AvgIpc) is 2.48. The van der Waals surface area contributed by atoms with Gasteiger partial charge in [0.2, 0.25) is 10.0 Å². The highest BCUT2D eigenvalue weighted by molar-refractivity contribution is 7.89. The summed E-state index contributed by atoms with van der Waals surface area (Å²) < 4.78 is 27.1. The fourth-order valence-electron chi connectivity index (χ4n) is 2.60. The van der Waals surface area contributed by atoms with Gasteiger partial charge in [0.25, 0.3) is 0 Å². The van der Waals surface area contributed by atoms with Gasteiger partial charge in [-0.1, -0.05) is 18.5 Å². The van der Waals surface area contributed by atoms with Crippen LogP contribution >= 0.6 is 11.6 Å². The molecule has 1 N–H and O–H groups in total. The number of nitriles is 1. The summed E-state index contributed by atoms with van der Waals surface area (Å²) in [6.07, 6.45) is 1.61. The standard InChI is InChI=1S/C14H18ClN3O2S/c1-2-18(12-5-7-17-8-6-12)21(19,20)13-4-3-11(10-16)14(15)9-13/h3-4,9,12,17H,2,5-8H2,1H3. The molecule has 21 heavy (non-hydrogen) atoms. The molecule has 0 saturated carbocycles. The van der Waals surface area contributed by atoms with E-state index >= 15 is 0 Å². The third kappa shape index (κ3) is 3.38. The largest absolute Gasteiger partial charge is 0.317 e. The lowest BCUT2D eigenvalue weighted by Gasteiger charge is -2.33. The first kappa shape index (κ1) is 16.2. The lowest BCUT2D eigenvalue weighted by Crippen LogP contribution is -2.45. The first-order valence-electron chi connectivity index (χ1n) is 6.93. The quantitative estimate of drug-likeness (QED) is 0.917. The van der Waals surface area contributed by atoms with E-state index in [-0.39, 0.29) is 21.5 Å². The van der Waals surface area contributed by atoms with Crippen LogP contribution < -0.4 is 5.32 Å². The van der Waals surface area contributed by atoms with Gasteiger partial charge >= 0.3 is 0 Å². The fourth-order valence-corrected chi connectivity index (χ4v) is 4.61. The molecule has 1 saturated heterocycles. The topological polar surface area (TPSA) is 73.2 Å². The highest BCUT2D eigenvalue weighted by Crippen LogP contribution is 2.26. The molecule has 0 amide bonds. The minimum absolute atomic E-state index is 0.00988. The molecule has 1 heterocycles. The lowest BCUT2D eigenvalue weighted by atomic mass is 10.1. The van der Waals surface area contributed by atoms with E-state index in [0.717, 1.165) is 25.9 Å². The van der Waals surface area contributed by atoms with Crippen molar-refractivity contribution in [1.29, 1.82) is 5.26 Å². The van der Waals surface area contributed by atoms with Gasteiger partial charge in [-0.2, -0.15) is 9.57 Å². The smallest absolute Gasteiger partial charge is 0.243 e.